The largest absolute Gasteiger partial charge is 0.444 e. The molecule has 1 saturated carbocycles. The van der Waals surface area contributed by atoms with E-state index in [9.17, 15) is 14.7 Å². The first-order valence-corrected chi connectivity index (χ1v) is 13.8. The third-order valence-electron chi connectivity index (χ3n) is 7.79. The second kappa shape index (κ2) is 10.3. The van der Waals surface area contributed by atoms with Crippen LogP contribution in [0.5, 0.6) is 0 Å². The molecule has 0 radical (unpaired) electrons. The molecule has 1 aliphatic carbocycles. The van der Waals surface area contributed by atoms with E-state index in [1.807, 2.05) is 76.8 Å². The second-order valence-corrected chi connectivity index (χ2v) is 12.9. The fourth-order valence-electron chi connectivity index (χ4n) is 6.22. The van der Waals surface area contributed by atoms with Gasteiger partial charge in [-0.15, -0.1) is 0 Å². The van der Waals surface area contributed by atoms with E-state index in [0.717, 1.165) is 35.6 Å². The molecule has 6 nitrogen and oxygen atoms in total. The Labute approximate surface area is 222 Å². The van der Waals surface area contributed by atoms with Gasteiger partial charge < -0.3 is 14.7 Å². The molecule has 0 aromatic heterocycles. The van der Waals surface area contributed by atoms with Crippen LogP contribution < -0.4 is 0 Å². The van der Waals surface area contributed by atoms with Gasteiger partial charge in [-0.05, 0) is 77.1 Å². The minimum atomic E-state index is -1.08. The van der Waals surface area contributed by atoms with Gasteiger partial charge in [-0.3, -0.25) is 9.69 Å². The van der Waals surface area contributed by atoms with Gasteiger partial charge in [-0.25, -0.2) is 4.79 Å². The zero-order valence-corrected chi connectivity index (χ0v) is 23.4. The van der Waals surface area contributed by atoms with Crippen molar-refractivity contribution < 1.29 is 19.4 Å². The van der Waals surface area contributed by atoms with Gasteiger partial charge in [0, 0.05) is 18.6 Å². The van der Waals surface area contributed by atoms with E-state index in [2.05, 4.69) is 12.1 Å². The number of fused-ring (bicyclic) bond motifs is 1. The predicted molar refractivity (Wildman–Crippen MR) is 148 cm³/mol. The van der Waals surface area contributed by atoms with Gasteiger partial charge in [-0.1, -0.05) is 61.7 Å². The Morgan fingerprint density at radius 3 is 2.30 bits per heavy atom. The van der Waals surface area contributed by atoms with E-state index in [1.165, 1.54) is 0 Å². The number of rotatable bonds is 4. The lowest BCUT2D eigenvalue weighted by Gasteiger charge is -2.42. The number of hydrogen-bond donors (Lipinski definition) is 1. The Bertz CT molecular complexity index is 1120. The Morgan fingerprint density at radius 2 is 1.65 bits per heavy atom. The minimum absolute atomic E-state index is 0.0405. The summed E-state index contributed by atoms with van der Waals surface area (Å²) in [4.78, 5) is 31.2. The summed E-state index contributed by atoms with van der Waals surface area (Å²) in [6.07, 6.45) is 4.50. The lowest BCUT2D eigenvalue weighted by molar-refractivity contribution is -0.140. The summed E-state index contributed by atoms with van der Waals surface area (Å²) in [5.41, 5.74) is -1.23. The van der Waals surface area contributed by atoms with Crippen molar-refractivity contribution in [1.82, 2.24) is 9.80 Å². The number of amides is 2. The molecular weight excluding hydrogens is 464 g/mol. The Kier molecular flexibility index (Phi) is 7.62. The lowest BCUT2D eigenvalue weighted by Crippen LogP contribution is -2.54. The third kappa shape index (κ3) is 5.95. The van der Waals surface area contributed by atoms with Crippen molar-refractivity contribution in [2.75, 3.05) is 13.1 Å². The van der Waals surface area contributed by atoms with Crippen LogP contribution in [-0.2, 0) is 9.53 Å². The summed E-state index contributed by atoms with van der Waals surface area (Å²) in [5.74, 6) is -0.677. The van der Waals surface area contributed by atoms with Gasteiger partial charge >= 0.3 is 6.09 Å². The molecule has 1 unspecified atom stereocenters. The monoisotopic (exact) mass is 508 g/mol. The van der Waals surface area contributed by atoms with Crippen LogP contribution in [0, 0.1) is 0 Å². The number of carbonyl (C=O) groups is 2. The highest BCUT2D eigenvalue weighted by Gasteiger charge is 2.48. The van der Waals surface area contributed by atoms with Gasteiger partial charge in [0.25, 0.3) is 0 Å². The summed E-state index contributed by atoms with van der Waals surface area (Å²) >= 11 is 0. The third-order valence-corrected chi connectivity index (χ3v) is 7.79. The Hall–Kier alpha value is -2.60. The maximum atomic E-state index is 14.3. The summed E-state index contributed by atoms with van der Waals surface area (Å²) in [7, 11) is 0. The summed E-state index contributed by atoms with van der Waals surface area (Å²) in [6, 6.07) is 14.0. The average Bonchev–Trinajstić information content (AvgIpc) is 3.27. The minimum Gasteiger partial charge on any atom is -0.444 e. The summed E-state index contributed by atoms with van der Waals surface area (Å²) in [5, 5.41) is 14.0. The normalized spacial score (nSPS) is 21.1. The zero-order chi connectivity index (χ0) is 27.0. The standard InChI is InChI=1S/C31H44N2O4/c1-29(2,3)33(28(35)37-30(4,5)6)23-17-20-32(21-23)27(34)26(31(36)18-10-7-11-19-31)25-16-12-14-22-13-8-9-15-24(22)25/h8-9,12-16,23,26,36H,7,10-11,17-21H2,1-6H3/t23-,26?/m1/s1. The Balaban J connectivity index is 1.66. The molecule has 2 fully saturated rings. The molecule has 1 aliphatic heterocycles. The molecular formula is C31H44N2O4. The van der Waals surface area contributed by atoms with Gasteiger partial charge in [0.1, 0.15) is 5.60 Å². The molecule has 1 heterocycles. The fourth-order valence-corrected chi connectivity index (χ4v) is 6.22. The van der Waals surface area contributed by atoms with Crippen molar-refractivity contribution in [3.8, 4) is 0 Å². The van der Waals surface area contributed by atoms with Crippen LogP contribution in [-0.4, -0.2) is 62.8 Å². The quantitative estimate of drug-likeness (QED) is 0.530. The highest BCUT2D eigenvalue weighted by atomic mass is 16.6. The topological polar surface area (TPSA) is 70.1 Å². The van der Waals surface area contributed by atoms with Crippen LogP contribution in [0.3, 0.4) is 0 Å². The van der Waals surface area contributed by atoms with E-state index in [1.54, 1.807) is 4.90 Å². The van der Waals surface area contributed by atoms with Crippen LogP contribution in [0.25, 0.3) is 10.8 Å². The molecule has 1 saturated heterocycles. The van der Waals surface area contributed by atoms with E-state index in [-0.39, 0.29) is 18.0 Å². The van der Waals surface area contributed by atoms with E-state index in [4.69, 9.17) is 4.74 Å². The van der Waals surface area contributed by atoms with Gasteiger partial charge in [-0.2, -0.15) is 0 Å². The van der Waals surface area contributed by atoms with Crippen LogP contribution in [0.15, 0.2) is 42.5 Å². The lowest BCUT2D eigenvalue weighted by atomic mass is 9.71. The maximum Gasteiger partial charge on any atom is 0.411 e. The highest BCUT2D eigenvalue weighted by Crippen LogP contribution is 2.43. The molecule has 2 amide bonds. The van der Waals surface area contributed by atoms with Crippen LogP contribution >= 0.6 is 0 Å². The first kappa shape index (κ1) is 27.4. The van der Waals surface area contributed by atoms with Crippen LogP contribution in [0.1, 0.15) is 91.5 Å². The van der Waals surface area contributed by atoms with E-state index in [0.29, 0.717) is 32.4 Å². The van der Waals surface area contributed by atoms with E-state index >= 15 is 0 Å². The number of hydrogen-bond acceptors (Lipinski definition) is 4. The van der Waals surface area contributed by atoms with Crippen molar-refractivity contribution in [3.63, 3.8) is 0 Å². The molecule has 2 atom stereocenters. The number of nitrogens with zero attached hydrogens (tertiary/aromatic N) is 2. The molecule has 0 bridgehead atoms. The molecule has 202 valence electrons. The molecule has 4 rings (SSSR count). The molecule has 6 heteroatoms. The number of aliphatic hydroxyl groups is 1. The number of benzene rings is 2. The van der Waals surface area contributed by atoms with Crippen LogP contribution in [0.2, 0.25) is 0 Å². The van der Waals surface area contributed by atoms with Crippen molar-refractivity contribution >= 4 is 22.8 Å². The van der Waals surface area contributed by atoms with Crippen molar-refractivity contribution in [2.45, 2.75) is 109 Å². The summed E-state index contributed by atoms with van der Waals surface area (Å²) < 4.78 is 5.75. The Morgan fingerprint density at radius 1 is 1.00 bits per heavy atom. The predicted octanol–water partition coefficient (Wildman–Crippen LogP) is 6.26. The number of carbonyl (C=O) groups excluding carboxylic acids is 2. The molecule has 2 aromatic carbocycles. The van der Waals surface area contributed by atoms with Crippen molar-refractivity contribution in [3.05, 3.63) is 48.0 Å². The van der Waals surface area contributed by atoms with Gasteiger partial charge in [0.2, 0.25) is 5.91 Å². The first-order chi connectivity index (χ1) is 17.3. The van der Waals surface area contributed by atoms with Crippen molar-refractivity contribution in [2.24, 2.45) is 0 Å². The maximum absolute atomic E-state index is 14.3. The summed E-state index contributed by atoms with van der Waals surface area (Å²) in [6.45, 7) is 12.6. The number of ether oxygens (including phenoxy) is 1. The van der Waals surface area contributed by atoms with Crippen molar-refractivity contribution in [1.29, 1.82) is 0 Å². The average molecular weight is 509 g/mol. The second-order valence-electron chi connectivity index (χ2n) is 12.9. The smallest absolute Gasteiger partial charge is 0.411 e. The highest BCUT2D eigenvalue weighted by molar-refractivity contribution is 5.94. The molecule has 2 aliphatic rings. The first-order valence-electron chi connectivity index (χ1n) is 13.8. The number of likely N-dealkylation sites (tertiary alicyclic amines) is 1. The van der Waals surface area contributed by atoms with Crippen LogP contribution in [0.4, 0.5) is 4.79 Å². The van der Waals surface area contributed by atoms with E-state index < -0.39 is 22.7 Å². The van der Waals surface area contributed by atoms with Gasteiger partial charge in [0.05, 0.1) is 17.6 Å². The SMILES string of the molecule is CC(C)(C)OC(=O)N([C@@H]1CCN(C(=O)C(c2cccc3ccccc23)C2(O)CCCCC2)C1)C(C)(C)C. The molecule has 37 heavy (non-hydrogen) atoms. The fraction of sp³-hybridized carbons (Fsp3) is 0.613. The molecule has 2 aromatic rings. The zero-order valence-electron chi connectivity index (χ0n) is 23.4. The molecule has 0 spiro atoms. The van der Waals surface area contributed by atoms with Gasteiger partial charge in [0.15, 0.2) is 0 Å². The molecule has 1 N–H and O–H groups in total.